The summed E-state index contributed by atoms with van der Waals surface area (Å²) in [7, 11) is 0. The van der Waals surface area contributed by atoms with Gasteiger partial charge in [-0.25, -0.2) is 0 Å². The quantitative estimate of drug-likeness (QED) is 0.166. The van der Waals surface area contributed by atoms with Gasteiger partial charge >= 0.3 is 0 Å². The van der Waals surface area contributed by atoms with Crippen LogP contribution in [0.3, 0.4) is 0 Å². The molecule has 0 bridgehead atoms. The van der Waals surface area contributed by atoms with E-state index in [0.29, 0.717) is 0 Å². The number of allylic oxidation sites excluding steroid dienone is 8. The highest BCUT2D eigenvalue weighted by Crippen LogP contribution is 2.39. The van der Waals surface area contributed by atoms with Gasteiger partial charge in [0.15, 0.2) is 0 Å². The molecule has 9 rings (SSSR count). The molecule has 0 nitrogen and oxygen atoms in total. The van der Waals surface area contributed by atoms with Crippen molar-refractivity contribution in [2.75, 3.05) is 0 Å². The summed E-state index contributed by atoms with van der Waals surface area (Å²) in [5.41, 5.74) is 12.7. The average molecular weight is 717 g/mol. The molecule has 0 saturated heterocycles. The molecule has 7 aromatic carbocycles. The van der Waals surface area contributed by atoms with E-state index in [9.17, 15) is 0 Å². The van der Waals surface area contributed by atoms with Crippen molar-refractivity contribution in [3.63, 3.8) is 0 Å². The molecule has 56 heavy (non-hydrogen) atoms. The summed E-state index contributed by atoms with van der Waals surface area (Å²) in [5.74, 6) is 0. The normalized spacial score (nSPS) is 13.7. The van der Waals surface area contributed by atoms with Gasteiger partial charge in [-0.1, -0.05) is 200 Å². The van der Waals surface area contributed by atoms with Crippen molar-refractivity contribution in [1.82, 2.24) is 0 Å². The molecule has 0 heterocycles. The summed E-state index contributed by atoms with van der Waals surface area (Å²) in [6.45, 7) is 0. The third-order valence-corrected chi connectivity index (χ3v) is 11.2. The fourth-order valence-corrected chi connectivity index (χ4v) is 8.17. The third-order valence-electron chi connectivity index (χ3n) is 11.2. The van der Waals surface area contributed by atoms with Gasteiger partial charge in [-0.15, -0.1) is 0 Å². The van der Waals surface area contributed by atoms with E-state index >= 15 is 0 Å². The first-order chi connectivity index (χ1) is 27.8. The molecule has 2 aliphatic carbocycles. The topological polar surface area (TPSA) is 0 Å². The number of fused-ring (bicyclic) bond motifs is 3. The third kappa shape index (κ3) is 7.61. The highest BCUT2D eigenvalue weighted by atomic mass is 14.2. The van der Waals surface area contributed by atoms with Gasteiger partial charge in [-0.05, 0) is 132 Å². The zero-order chi connectivity index (χ0) is 37.5. The second kappa shape index (κ2) is 16.3. The predicted molar refractivity (Wildman–Crippen MR) is 242 cm³/mol. The molecule has 0 aromatic heterocycles. The zero-order valence-electron chi connectivity index (χ0n) is 31.6. The lowest BCUT2D eigenvalue weighted by atomic mass is 9.85. The Kier molecular flexibility index (Phi) is 10.2. The molecule has 0 atom stereocenters. The second-order valence-corrected chi connectivity index (χ2v) is 14.7. The van der Waals surface area contributed by atoms with E-state index in [0.717, 1.165) is 31.2 Å². The first-order valence-electron chi connectivity index (χ1n) is 19.9. The van der Waals surface area contributed by atoms with Crippen LogP contribution in [0.5, 0.6) is 0 Å². The highest BCUT2D eigenvalue weighted by Gasteiger charge is 2.16. The van der Waals surface area contributed by atoms with Crippen LogP contribution in [0.2, 0.25) is 0 Å². The van der Waals surface area contributed by atoms with Gasteiger partial charge in [-0.3, -0.25) is 0 Å². The Morgan fingerprint density at radius 1 is 0.286 bits per heavy atom. The van der Waals surface area contributed by atoms with Gasteiger partial charge in [0.05, 0.1) is 0 Å². The van der Waals surface area contributed by atoms with E-state index in [4.69, 9.17) is 0 Å². The fraction of sp³-hybridized carbons (Fsp3) is 0.0714. The van der Waals surface area contributed by atoms with Crippen molar-refractivity contribution in [2.45, 2.75) is 25.7 Å². The number of hydrogen-bond acceptors (Lipinski definition) is 0. The van der Waals surface area contributed by atoms with Gasteiger partial charge in [0, 0.05) is 0 Å². The van der Waals surface area contributed by atoms with Crippen LogP contribution < -0.4 is 0 Å². The van der Waals surface area contributed by atoms with Crippen LogP contribution in [0.4, 0.5) is 0 Å². The molecule has 0 amide bonds. The molecule has 0 N–H and O–H groups in total. The Balaban J connectivity index is 1.34. The highest BCUT2D eigenvalue weighted by molar-refractivity contribution is 6.04. The molecular weight excluding hydrogens is 673 g/mol. The smallest absolute Gasteiger partial charge is 0.00931 e. The van der Waals surface area contributed by atoms with Gasteiger partial charge < -0.3 is 0 Å². The maximum absolute atomic E-state index is 2.42. The molecule has 0 heteroatoms. The van der Waals surface area contributed by atoms with E-state index in [-0.39, 0.29) is 0 Å². The maximum atomic E-state index is 2.42. The Morgan fingerprint density at radius 3 is 1.48 bits per heavy atom. The first-order valence-corrected chi connectivity index (χ1v) is 19.9. The van der Waals surface area contributed by atoms with E-state index < -0.39 is 0 Å². The number of rotatable bonds is 5. The molecule has 0 unspecified atom stereocenters. The summed E-state index contributed by atoms with van der Waals surface area (Å²) in [4.78, 5) is 0. The van der Waals surface area contributed by atoms with Gasteiger partial charge in [0.25, 0.3) is 0 Å². The number of benzene rings is 5. The lowest BCUT2D eigenvalue weighted by Gasteiger charge is -2.20. The largest absolute Gasteiger partial charge is 0.0842 e. The number of hydrogen-bond donors (Lipinski definition) is 0. The van der Waals surface area contributed by atoms with Gasteiger partial charge in [0.2, 0.25) is 0 Å². The maximum Gasteiger partial charge on any atom is -0.00931 e. The van der Waals surface area contributed by atoms with Crippen LogP contribution in [0, 0.1) is 0 Å². The lowest BCUT2D eigenvalue weighted by Crippen LogP contribution is -1.99. The predicted octanol–water partition coefficient (Wildman–Crippen LogP) is 15.8. The van der Waals surface area contributed by atoms with Crippen molar-refractivity contribution in [2.24, 2.45) is 0 Å². The molecular formula is C56H44. The minimum Gasteiger partial charge on any atom is -0.0842 e. The Labute approximate surface area is 330 Å². The average Bonchev–Trinajstić information content (AvgIpc) is 3.26. The molecule has 0 saturated carbocycles. The Hall–Kier alpha value is -6.76. The fourth-order valence-electron chi connectivity index (χ4n) is 8.17. The Bertz CT molecular complexity index is 2830. The summed E-state index contributed by atoms with van der Waals surface area (Å²) < 4.78 is 0. The second-order valence-electron chi connectivity index (χ2n) is 14.7. The van der Waals surface area contributed by atoms with Crippen LogP contribution in [0.15, 0.2) is 230 Å². The SMILES string of the molecule is C1=CCCC(C2=CC=C(c3ccc(-c4ccc5ccccc5c4)cccc(-c4ccccccccc4)c4cc(-c5ccc6ccccc6c5)ccc34)CC2)=C1. The molecule has 0 fully saturated rings. The molecule has 7 aromatic rings. The van der Waals surface area contributed by atoms with Gasteiger partial charge in [-0.2, -0.15) is 0 Å². The summed E-state index contributed by atoms with van der Waals surface area (Å²) in [6, 6.07) is 68.7. The van der Waals surface area contributed by atoms with Crippen LogP contribution in [0.25, 0.3) is 71.3 Å². The van der Waals surface area contributed by atoms with Crippen LogP contribution in [-0.2, 0) is 0 Å². The monoisotopic (exact) mass is 716 g/mol. The zero-order valence-corrected chi connectivity index (χ0v) is 31.6. The standard InChI is InChI=1S/C56H44/c1-2-4-7-20-46(21-8-5-3-1)53-25-15-24-44(50-32-28-42-18-11-13-22-48(42)38-50)34-36-54(47-30-26-45(27-31-47)41-16-9-6-10-17-41)55-37-35-52(40-56(53)55)51-33-29-43-19-12-14-23-49(43)39-51/h1-9,11-16,18-26,28-30,32-40H,10,17,27,31H2. The minimum absolute atomic E-state index is 0.987. The molecule has 268 valence electrons. The van der Waals surface area contributed by atoms with Gasteiger partial charge in [0.1, 0.15) is 0 Å². The summed E-state index contributed by atoms with van der Waals surface area (Å²) in [6.07, 6.45) is 15.8. The van der Waals surface area contributed by atoms with E-state index in [2.05, 4.69) is 218 Å². The van der Waals surface area contributed by atoms with E-state index in [1.54, 1.807) is 0 Å². The minimum atomic E-state index is 0.987. The first kappa shape index (κ1) is 35.0. The van der Waals surface area contributed by atoms with E-state index in [1.807, 2.05) is 0 Å². The van der Waals surface area contributed by atoms with Crippen molar-refractivity contribution < 1.29 is 0 Å². The van der Waals surface area contributed by atoms with Crippen LogP contribution >= 0.6 is 0 Å². The summed E-state index contributed by atoms with van der Waals surface area (Å²) in [5, 5.41) is 7.44. The van der Waals surface area contributed by atoms with Crippen molar-refractivity contribution >= 4 is 37.9 Å². The van der Waals surface area contributed by atoms with Crippen LogP contribution in [0.1, 0.15) is 31.2 Å². The van der Waals surface area contributed by atoms with Crippen LogP contribution in [-0.4, -0.2) is 0 Å². The molecule has 0 aliphatic heterocycles. The molecule has 0 radical (unpaired) electrons. The van der Waals surface area contributed by atoms with Crippen molar-refractivity contribution in [3.05, 3.63) is 235 Å². The van der Waals surface area contributed by atoms with Crippen molar-refractivity contribution in [3.8, 4) is 33.4 Å². The lowest BCUT2D eigenvalue weighted by molar-refractivity contribution is 0.905. The summed E-state index contributed by atoms with van der Waals surface area (Å²) >= 11 is 0. The van der Waals surface area contributed by atoms with E-state index in [1.165, 1.54) is 82.4 Å². The molecule has 0 spiro atoms. The Morgan fingerprint density at radius 2 is 0.821 bits per heavy atom. The molecule has 2 aliphatic rings. The van der Waals surface area contributed by atoms with Crippen molar-refractivity contribution in [1.29, 1.82) is 0 Å².